The Morgan fingerprint density at radius 3 is 3.06 bits per heavy atom. The van der Waals surface area contributed by atoms with Crippen LogP contribution in [0.2, 0.25) is 0 Å². The summed E-state index contributed by atoms with van der Waals surface area (Å²) in [6, 6.07) is 11.6. The van der Waals surface area contributed by atoms with E-state index in [1.165, 1.54) is 23.8 Å². The Hall–Kier alpha value is -1.41. The molecule has 0 amide bonds. The van der Waals surface area contributed by atoms with Crippen molar-refractivity contribution in [3.05, 3.63) is 42.1 Å². The van der Waals surface area contributed by atoms with E-state index in [1.807, 2.05) is 12.3 Å². The van der Waals surface area contributed by atoms with Crippen LogP contribution in [-0.4, -0.2) is 17.6 Å². The molecule has 18 heavy (non-hydrogen) atoms. The number of aromatic nitrogens is 1. The fourth-order valence-electron chi connectivity index (χ4n) is 2.38. The lowest BCUT2D eigenvalue weighted by Gasteiger charge is -2.12. The second-order valence-electron chi connectivity index (χ2n) is 5.52. The summed E-state index contributed by atoms with van der Waals surface area (Å²) in [4.78, 5) is 4.36. The Kier molecular flexibility index (Phi) is 3.28. The van der Waals surface area contributed by atoms with Crippen molar-refractivity contribution in [1.29, 1.82) is 0 Å². The average Bonchev–Trinajstić information content (AvgIpc) is 3.20. The number of nitrogens with one attached hydrogen (secondary N) is 1. The third kappa shape index (κ3) is 2.88. The molecule has 1 fully saturated rings. The average molecular weight is 240 g/mol. The summed E-state index contributed by atoms with van der Waals surface area (Å²) in [5.74, 6) is 0.694. The minimum absolute atomic E-state index is 0.694. The SMILES string of the molecule is CC(CNC1CC1)Cc1ccc2ncccc2c1. The van der Waals surface area contributed by atoms with Gasteiger partial charge >= 0.3 is 0 Å². The highest BCUT2D eigenvalue weighted by atomic mass is 14.9. The topological polar surface area (TPSA) is 24.9 Å². The normalized spacial score (nSPS) is 16.9. The maximum absolute atomic E-state index is 4.36. The van der Waals surface area contributed by atoms with Gasteiger partial charge in [-0.15, -0.1) is 0 Å². The minimum Gasteiger partial charge on any atom is -0.314 e. The van der Waals surface area contributed by atoms with Gasteiger partial charge in [0, 0.05) is 17.6 Å². The van der Waals surface area contributed by atoms with Crippen LogP contribution in [0.4, 0.5) is 0 Å². The van der Waals surface area contributed by atoms with Crippen molar-refractivity contribution >= 4 is 10.9 Å². The highest BCUT2D eigenvalue weighted by molar-refractivity contribution is 5.78. The number of hydrogen-bond acceptors (Lipinski definition) is 2. The van der Waals surface area contributed by atoms with Gasteiger partial charge in [0.2, 0.25) is 0 Å². The molecule has 1 heterocycles. The second-order valence-corrected chi connectivity index (χ2v) is 5.52. The molecule has 2 nitrogen and oxygen atoms in total. The van der Waals surface area contributed by atoms with Gasteiger partial charge < -0.3 is 5.32 Å². The molecule has 1 N–H and O–H groups in total. The number of rotatable bonds is 5. The third-order valence-corrected chi connectivity index (χ3v) is 3.58. The van der Waals surface area contributed by atoms with Crippen molar-refractivity contribution in [3.63, 3.8) is 0 Å². The van der Waals surface area contributed by atoms with E-state index in [0.29, 0.717) is 5.92 Å². The molecule has 94 valence electrons. The zero-order chi connectivity index (χ0) is 12.4. The van der Waals surface area contributed by atoms with Gasteiger partial charge in [0.15, 0.2) is 0 Å². The zero-order valence-electron chi connectivity index (χ0n) is 10.9. The number of fused-ring (bicyclic) bond motifs is 1. The Morgan fingerprint density at radius 1 is 1.33 bits per heavy atom. The molecule has 1 aromatic heterocycles. The Labute approximate surface area is 108 Å². The molecule has 1 aliphatic carbocycles. The van der Waals surface area contributed by atoms with Gasteiger partial charge in [-0.2, -0.15) is 0 Å². The van der Waals surface area contributed by atoms with E-state index in [0.717, 1.165) is 24.5 Å². The van der Waals surface area contributed by atoms with Gasteiger partial charge in [-0.1, -0.05) is 19.1 Å². The molecular formula is C16H20N2. The number of nitrogens with zero attached hydrogens (tertiary/aromatic N) is 1. The van der Waals surface area contributed by atoms with Crippen LogP contribution >= 0.6 is 0 Å². The van der Waals surface area contributed by atoms with Gasteiger partial charge in [0.05, 0.1) is 5.52 Å². The van der Waals surface area contributed by atoms with E-state index in [-0.39, 0.29) is 0 Å². The number of hydrogen-bond donors (Lipinski definition) is 1. The van der Waals surface area contributed by atoms with Gasteiger partial charge in [-0.25, -0.2) is 0 Å². The largest absolute Gasteiger partial charge is 0.314 e. The van der Waals surface area contributed by atoms with Crippen molar-refractivity contribution in [3.8, 4) is 0 Å². The first-order valence-electron chi connectivity index (χ1n) is 6.88. The molecule has 3 rings (SSSR count). The van der Waals surface area contributed by atoms with E-state index < -0.39 is 0 Å². The van der Waals surface area contributed by atoms with Gasteiger partial charge in [0.1, 0.15) is 0 Å². The Bertz CT molecular complexity index is 531. The number of benzene rings is 1. The summed E-state index contributed by atoms with van der Waals surface area (Å²) in [5, 5.41) is 4.85. The first-order chi connectivity index (χ1) is 8.81. The zero-order valence-corrected chi connectivity index (χ0v) is 10.9. The monoisotopic (exact) mass is 240 g/mol. The maximum Gasteiger partial charge on any atom is 0.0702 e. The first kappa shape index (κ1) is 11.7. The van der Waals surface area contributed by atoms with Crippen molar-refractivity contribution < 1.29 is 0 Å². The van der Waals surface area contributed by atoms with E-state index in [9.17, 15) is 0 Å². The summed E-state index contributed by atoms with van der Waals surface area (Å²) in [5.41, 5.74) is 2.51. The van der Waals surface area contributed by atoms with E-state index in [2.05, 4.69) is 41.5 Å². The first-order valence-corrected chi connectivity index (χ1v) is 6.88. The minimum atomic E-state index is 0.694. The number of pyridine rings is 1. The lowest BCUT2D eigenvalue weighted by atomic mass is 9.99. The van der Waals surface area contributed by atoms with Gasteiger partial charge in [0.25, 0.3) is 0 Å². The second kappa shape index (κ2) is 5.07. The summed E-state index contributed by atoms with van der Waals surface area (Å²) in [6.45, 7) is 3.46. The predicted molar refractivity (Wildman–Crippen MR) is 75.6 cm³/mol. The molecule has 0 aliphatic heterocycles. The van der Waals surface area contributed by atoms with Crippen molar-refractivity contribution in [2.75, 3.05) is 6.54 Å². The molecule has 1 aliphatic rings. The van der Waals surface area contributed by atoms with E-state index in [1.54, 1.807) is 0 Å². The van der Waals surface area contributed by atoms with Crippen LogP contribution in [0.3, 0.4) is 0 Å². The molecule has 1 saturated carbocycles. The molecule has 0 saturated heterocycles. The molecule has 0 radical (unpaired) electrons. The molecule has 1 unspecified atom stereocenters. The third-order valence-electron chi connectivity index (χ3n) is 3.58. The van der Waals surface area contributed by atoms with Crippen LogP contribution in [0.15, 0.2) is 36.5 Å². The lowest BCUT2D eigenvalue weighted by molar-refractivity contribution is 0.509. The molecule has 2 aromatic rings. The summed E-state index contributed by atoms with van der Waals surface area (Å²) < 4.78 is 0. The van der Waals surface area contributed by atoms with E-state index in [4.69, 9.17) is 0 Å². The summed E-state index contributed by atoms with van der Waals surface area (Å²) in [6.07, 6.45) is 5.73. The van der Waals surface area contributed by atoms with E-state index >= 15 is 0 Å². The smallest absolute Gasteiger partial charge is 0.0702 e. The van der Waals surface area contributed by atoms with Crippen LogP contribution in [0.1, 0.15) is 25.3 Å². The lowest BCUT2D eigenvalue weighted by Crippen LogP contribution is -2.24. The molecule has 0 spiro atoms. The Morgan fingerprint density at radius 2 is 2.22 bits per heavy atom. The van der Waals surface area contributed by atoms with Gasteiger partial charge in [-0.05, 0) is 55.5 Å². The Balaban J connectivity index is 1.65. The predicted octanol–water partition coefficient (Wildman–Crippen LogP) is 3.17. The fraction of sp³-hybridized carbons (Fsp3) is 0.438. The van der Waals surface area contributed by atoms with Crippen molar-refractivity contribution in [2.24, 2.45) is 5.92 Å². The molecular weight excluding hydrogens is 220 g/mol. The summed E-state index contributed by atoms with van der Waals surface area (Å²) in [7, 11) is 0. The van der Waals surface area contributed by atoms with Crippen molar-refractivity contribution in [2.45, 2.75) is 32.2 Å². The molecule has 1 aromatic carbocycles. The van der Waals surface area contributed by atoms with Crippen LogP contribution in [-0.2, 0) is 6.42 Å². The highest BCUT2D eigenvalue weighted by Crippen LogP contribution is 2.20. The van der Waals surface area contributed by atoms with Crippen LogP contribution in [0, 0.1) is 5.92 Å². The molecule has 2 heteroatoms. The quantitative estimate of drug-likeness (QED) is 0.868. The van der Waals surface area contributed by atoms with Crippen molar-refractivity contribution in [1.82, 2.24) is 10.3 Å². The highest BCUT2D eigenvalue weighted by Gasteiger charge is 2.20. The van der Waals surface area contributed by atoms with Gasteiger partial charge in [-0.3, -0.25) is 4.98 Å². The van der Waals surface area contributed by atoms with Crippen LogP contribution < -0.4 is 5.32 Å². The summed E-state index contributed by atoms with van der Waals surface area (Å²) >= 11 is 0. The van der Waals surface area contributed by atoms with Crippen LogP contribution in [0.5, 0.6) is 0 Å². The molecule has 1 atom stereocenters. The fourth-order valence-corrected chi connectivity index (χ4v) is 2.38. The standard InChI is InChI=1S/C16H20N2/c1-12(11-18-15-5-6-15)9-13-4-7-16-14(10-13)3-2-8-17-16/h2-4,7-8,10,12,15,18H,5-6,9,11H2,1H3. The molecule has 0 bridgehead atoms. The van der Waals surface area contributed by atoms with Crippen LogP contribution in [0.25, 0.3) is 10.9 Å². The maximum atomic E-state index is 4.36.